The fourth-order valence-corrected chi connectivity index (χ4v) is 3.00. The molecule has 0 radical (unpaired) electrons. The van der Waals surface area contributed by atoms with Crippen molar-refractivity contribution < 1.29 is 9.68 Å². The van der Waals surface area contributed by atoms with Gasteiger partial charge in [0, 0.05) is 17.6 Å². The van der Waals surface area contributed by atoms with Crippen molar-refractivity contribution >= 4 is 18.2 Å². The van der Waals surface area contributed by atoms with Crippen molar-refractivity contribution in [1.29, 1.82) is 0 Å². The minimum Gasteiger partial charge on any atom is -0.423 e. The molecule has 0 spiro atoms. The molecule has 2 nitrogen and oxygen atoms in total. The van der Waals surface area contributed by atoms with Gasteiger partial charge in [-0.1, -0.05) is 73.4 Å². The zero-order valence-electron chi connectivity index (χ0n) is 16.5. The van der Waals surface area contributed by atoms with Gasteiger partial charge in [0.2, 0.25) is 0 Å². The van der Waals surface area contributed by atoms with E-state index >= 15 is 0 Å². The monoisotopic (exact) mass is 358 g/mol. The first kappa shape index (κ1) is 19.5. The van der Waals surface area contributed by atoms with Crippen LogP contribution in [0.5, 0.6) is 0 Å². The van der Waals surface area contributed by atoms with E-state index in [9.17, 15) is 5.02 Å². The van der Waals surface area contributed by atoms with Crippen molar-refractivity contribution in [1.82, 2.24) is 0 Å². The van der Waals surface area contributed by atoms with E-state index in [0.29, 0.717) is 0 Å². The predicted molar refractivity (Wildman–Crippen MR) is 115 cm³/mol. The normalized spacial score (nSPS) is 14.0. The Morgan fingerprint density at radius 3 is 2.56 bits per heavy atom. The molecule has 3 rings (SSSR count). The molecule has 1 N–H and O–H groups in total. The molecule has 0 aromatic heterocycles. The molecular formula is C24H27BO2. The van der Waals surface area contributed by atoms with Crippen LogP contribution in [0, 0.1) is 11.8 Å². The van der Waals surface area contributed by atoms with Gasteiger partial charge >= 0.3 is 7.12 Å². The zero-order valence-corrected chi connectivity index (χ0v) is 16.5. The summed E-state index contributed by atoms with van der Waals surface area (Å²) in [5.41, 5.74) is 4.89. The van der Waals surface area contributed by atoms with Crippen LogP contribution in [0.25, 0.3) is 16.7 Å². The fraction of sp³-hybridized carbons (Fsp3) is 0.333. The lowest BCUT2D eigenvalue weighted by Crippen LogP contribution is -2.41. The van der Waals surface area contributed by atoms with Crippen LogP contribution < -0.4 is 5.46 Å². The van der Waals surface area contributed by atoms with E-state index in [1.165, 1.54) is 0 Å². The van der Waals surface area contributed by atoms with Crippen LogP contribution in [-0.4, -0.2) is 17.7 Å². The van der Waals surface area contributed by atoms with Crippen LogP contribution in [0.3, 0.4) is 0 Å². The van der Waals surface area contributed by atoms with Crippen LogP contribution in [0.1, 0.15) is 52.0 Å². The Kier molecular flexibility index (Phi) is 6.21. The highest BCUT2D eigenvalue weighted by molar-refractivity contribution is 6.60. The summed E-state index contributed by atoms with van der Waals surface area (Å²) in [4.78, 5) is 0. The van der Waals surface area contributed by atoms with Crippen LogP contribution in [0.15, 0.2) is 54.6 Å². The van der Waals surface area contributed by atoms with Gasteiger partial charge in [-0.3, -0.25) is 0 Å². The molecular weight excluding hydrogens is 331 g/mol. The van der Waals surface area contributed by atoms with Gasteiger partial charge in [0.05, 0.1) is 0 Å². The average Bonchev–Trinajstić information content (AvgIpc) is 2.97. The standard InChI is InChI=1S/C24H27BO2/c1-4-24(2,3)27-25(26)23-13-9-12-22(18-23)21-16-14-20(15-17-21)19-10-7-5-6-8-11-19/h9-10,12-18,26H,4-7H2,1-3H3. The van der Waals surface area contributed by atoms with Crippen LogP contribution in [-0.2, 0) is 4.65 Å². The Balaban J connectivity index is 1.80. The van der Waals surface area contributed by atoms with E-state index in [4.69, 9.17) is 4.65 Å². The van der Waals surface area contributed by atoms with Crippen molar-refractivity contribution in [3.63, 3.8) is 0 Å². The quantitative estimate of drug-likeness (QED) is 0.593. The van der Waals surface area contributed by atoms with E-state index < -0.39 is 7.12 Å². The van der Waals surface area contributed by atoms with Crippen molar-refractivity contribution in [2.24, 2.45) is 0 Å². The minimum atomic E-state index is -0.925. The molecule has 1 aliphatic rings. The molecule has 1 aliphatic carbocycles. The largest absolute Gasteiger partial charge is 0.491 e. The summed E-state index contributed by atoms with van der Waals surface area (Å²) in [6, 6.07) is 16.4. The molecule has 27 heavy (non-hydrogen) atoms. The molecule has 0 aliphatic heterocycles. The number of hydrogen-bond acceptors (Lipinski definition) is 2. The Morgan fingerprint density at radius 2 is 1.81 bits per heavy atom. The van der Waals surface area contributed by atoms with Crippen molar-refractivity contribution in [3.05, 3.63) is 60.2 Å². The minimum absolute atomic E-state index is 0.357. The number of benzene rings is 2. The first-order chi connectivity index (χ1) is 13.0. The van der Waals surface area contributed by atoms with Crippen LogP contribution in [0.4, 0.5) is 0 Å². The highest BCUT2D eigenvalue weighted by Crippen LogP contribution is 2.23. The fourth-order valence-electron chi connectivity index (χ4n) is 3.00. The maximum Gasteiger partial charge on any atom is 0.491 e. The third-order valence-corrected chi connectivity index (χ3v) is 5.06. The van der Waals surface area contributed by atoms with Gasteiger partial charge in [-0.25, -0.2) is 0 Å². The third-order valence-electron chi connectivity index (χ3n) is 5.06. The van der Waals surface area contributed by atoms with Crippen molar-refractivity contribution in [2.45, 2.75) is 52.1 Å². The molecule has 0 amide bonds. The second-order valence-corrected chi connectivity index (χ2v) is 7.60. The molecule has 2 aromatic carbocycles. The molecule has 0 saturated carbocycles. The molecule has 2 aromatic rings. The summed E-state index contributed by atoms with van der Waals surface area (Å²) in [5, 5.41) is 10.5. The summed E-state index contributed by atoms with van der Waals surface area (Å²) in [6.45, 7) is 6.03. The first-order valence-electron chi connectivity index (χ1n) is 9.74. The summed E-state index contributed by atoms with van der Waals surface area (Å²) in [5.74, 6) is 6.50. The highest BCUT2D eigenvalue weighted by Gasteiger charge is 2.26. The lowest BCUT2D eigenvalue weighted by Gasteiger charge is -2.26. The molecule has 0 heterocycles. The van der Waals surface area contributed by atoms with E-state index in [0.717, 1.165) is 53.4 Å². The predicted octanol–water partition coefficient (Wildman–Crippen LogP) is 4.82. The lowest BCUT2D eigenvalue weighted by molar-refractivity contribution is 0.0838. The van der Waals surface area contributed by atoms with E-state index in [1.54, 1.807) is 0 Å². The Labute approximate surface area is 163 Å². The Bertz CT molecular complexity index is 869. The van der Waals surface area contributed by atoms with Gasteiger partial charge in [-0.05, 0) is 55.3 Å². The van der Waals surface area contributed by atoms with Crippen molar-refractivity contribution in [3.8, 4) is 23.0 Å². The average molecular weight is 358 g/mol. The molecule has 0 bridgehead atoms. The number of hydrogen-bond donors (Lipinski definition) is 1. The smallest absolute Gasteiger partial charge is 0.423 e. The summed E-state index contributed by atoms with van der Waals surface area (Å²) in [6.07, 6.45) is 6.26. The van der Waals surface area contributed by atoms with E-state index in [-0.39, 0.29) is 5.60 Å². The topological polar surface area (TPSA) is 29.5 Å². The maximum atomic E-state index is 10.5. The van der Waals surface area contributed by atoms with Gasteiger partial charge in [0.25, 0.3) is 0 Å². The van der Waals surface area contributed by atoms with Gasteiger partial charge < -0.3 is 9.68 Å². The Hall–Kier alpha value is -2.28. The highest BCUT2D eigenvalue weighted by atomic mass is 16.5. The molecule has 0 saturated heterocycles. The van der Waals surface area contributed by atoms with E-state index in [2.05, 4.69) is 55.2 Å². The number of allylic oxidation sites excluding steroid dienone is 2. The Morgan fingerprint density at radius 1 is 1.07 bits per heavy atom. The van der Waals surface area contributed by atoms with Gasteiger partial charge in [-0.2, -0.15) is 0 Å². The SMILES string of the molecule is CCC(C)(C)OB(O)c1cccc(-c2ccc(C3=CCCCC#C3)cc2)c1. The molecule has 138 valence electrons. The second-order valence-electron chi connectivity index (χ2n) is 7.60. The lowest BCUT2D eigenvalue weighted by atomic mass is 9.77. The second kappa shape index (κ2) is 8.61. The molecule has 0 atom stereocenters. The van der Waals surface area contributed by atoms with Gasteiger partial charge in [0.15, 0.2) is 0 Å². The van der Waals surface area contributed by atoms with Crippen LogP contribution in [0.2, 0.25) is 0 Å². The zero-order chi connectivity index (χ0) is 19.3. The third kappa shape index (κ3) is 5.13. The van der Waals surface area contributed by atoms with Gasteiger partial charge in [-0.15, -0.1) is 0 Å². The molecule has 0 fully saturated rings. The molecule has 0 unspecified atom stereocenters. The summed E-state index contributed by atoms with van der Waals surface area (Å²) >= 11 is 0. The van der Waals surface area contributed by atoms with Crippen LogP contribution >= 0.6 is 0 Å². The van der Waals surface area contributed by atoms with E-state index in [1.807, 2.05) is 32.0 Å². The number of rotatable bonds is 6. The van der Waals surface area contributed by atoms with Gasteiger partial charge in [0.1, 0.15) is 0 Å². The first-order valence-corrected chi connectivity index (χ1v) is 9.74. The summed E-state index contributed by atoms with van der Waals surface area (Å²) < 4.78 is 5.81. The summed E-state index contributed by atoms with van der Waals surface area (Å²) in [7, 11) is -0.925. The van der Waals surface area contributed by atoms with Crippen molar-refractivity contribution in [2.75, 3.05) is 0 Å². The molecule has 3 heteroatoms. The maximum absolute atomic E-state index is 10.5.